The predicted molar refractivity (Wildman–Crippen MR) is 128 cm³/mol. The monoisotopic (exact) mass is 427 g/mol. The van der Waals surface area contributed by atoms with E-state index in [-0.39, 0.29) is 39.9 Å². The molecule has 0 bridgehead atoms. The molecule has 0 radical (unpaired) electrons. The smallest absolute Gasteiger partial charge is 0.138 e. The number of ether oxygens (including phenoxy) is 3. The Bertz CT molecular complexity index is 523. The van der Waals surface area contributed by atoms with Crippen LogP contribution in [-0.2, 0) is 14.2 Å². The first-order valence-electron chi connectivity index (χ1n) is 11.9. The van der Waals surface area contributed by atoms with Crippen LogP contribution in [0.5, 0.6) is 0 Å². The maximum Gasteiger partial charge on any atom is 0.138 e. The third kappa shape index (κ3) is 9.54. The molecule has 0 spiro atoms. The van der Waals surface area contributed by atoms with Crippen molar-refractivity contribution in [3.63, 3.8) is 0 Å². The average molecular weight is 428 g/mol. The second-order valence-electron chi connectivity index (χ2n) is 13.4. The Kier molecular flexibility index (Phi) is 9.07. The Morgan fingerprint density at radius 1 is 0.867 bits per heavy atom. The van der Waals surface area contributed by atoms with Gasteiger partial charge in [-0.3, -0.25) is 4.90 Å². The maximum atomic E-state index is 6.30. The van der Waals surface area contributed by atoms with Crippen LogP contribution in [0.2, 0.25) is 0 Å². The fourth-order valence-corrected chi connectivity index (χ4v) is 4.63. The molecule has 1 fully saturated rings. The van der Waals surface area contributed by atoms with E-state index >= 15 is 0 Å². The SMILES string of the molecule is CCC(C)(CCOC(C)(C)CC1OC1N(CC(C)(C)C)C(C)(C)CC(C)(C)C)OC. The largest absolute Gasteiger partial charge is 0.378 e. The van der Waals surface area contributed by atoms with Crippen LogP contribution < -0.4 is 0 Å². The predicted octanol–water partition coefficient (Wildman–Crippen LogP) is 6.66. The van der Waals surface area contributed by atoms with E-state index in [4.69, 9.17) is 14.2 Å². The van der Waals surface area contributed by atoms with E-state index < -0.39 is 0 Å². The molecule has 1 saturated heterocycles. The molecule has 30 heavy (non-hydrogen) atoms. The van der Waals surface area contributed by atoms with Gasteiger partial charge in [-0.25, -0.2) is 0 Å². The summed E-state index contributed by atoms with van der Waals surface area (Å²) in [5.74, 6) is 0. The van der Waals surface area contributed by atoms with Gasteiger partial charge in [-0.15, -0.1) is 0 Å². The van der Waals surface area contributed by atoms with Gasteiger partial charge in [0.25, 0.3) is 0 Å². The topological polar surface area (TPSA) is 34.2 Å². The van der Waals surface area contributed by atoms with E-state index in [1.165, 1.54) is 0 Å². The first-order valence-corrected chi connectivity index (χ1v) is 11.9. The lowest BCUT2D eigenvalue weighted by molar-refractivity contribution is -0.0706. The molecule has 0 N–H and O–H groups in total. The molecule has 3 unspecified atom stereocenters. The number of methoxy groups -OCH3 is 1. The lowest BCUT2D eigenvalue weighted by Gasteiger charge is -2.44. The lowest BCUT2D eigenvalue weighted by atomic mass is 9.79. The van der Waals surface area contributed by atoms with Crippen LogP contribution in [0.4, 0.5) is 0 Å². The van der Waals surface area contributed by atoms with E-state index in [2.05, 4.69) is 88.0 Å². The van der Waals surface area contributed by atoms with E-state index in [1.807, 2.05) is 0 Å². The number of nitrogens with zero attached hydrogens (tertiary/aromatic N) is 1. The molecule has 0 aliphatic carbocycles. The highest BCUT2D eigenvalue weighted by atomic mass is 16.6. The third-order valence-corrected chi connectivity index (χ3v) is 6.31. The van der Waals surface area contributed by atoms with Gasteiger partial charge >= 0.3 is 0 Å². The molecule has 4 nitrogen and oxygen atoms in total. The van der Waals surface area contributed by atoms with Gasteiger partial charge in [0.15, 0.2) is 0 Å². The summed E-state index contributed by atoms with van der Waals surface area (Å²) in [5.41, 5.74) is 0.276. The zero-order valence-corrected chi connectivity index (χ0v) is 22.6. The van der Waals surface area contributed by atoms with Gasteiger partial charge in [-0.05, 0) is 64.7 Å². The standard InChI is InChI=1S/C26H53NO3/c1-14-26(12,28-13)15-16-29-25(10,11)17-20-21(30-20)27(19-23(5,6)7)24(8,9)18-22(2,3)4/h20-21H,14-19H2,1-13H3. The van der Waals surface area contributed by atoms with Crippen LogP contribution in [0.3, 0.4) is 0 Å². The van der Waals surface area contributed by atoms with Crippen LogP contribution >= 0.6 is 0 Å². The second-order valence-corrected chi connectivity index (χ2v) is 13.4. The third-order valence-electron chi connectivity index (χ3n) is 6.31. The molecule has 0 amide bonds. The van der Waals surface area contributed by atoms with Crippen molar-refractivity contribution < 1.29 is 14.2 Å². The Balaban J connectivity index is 2.75. The molecule has 0 saturated carbocycles. The van der Waals surface area contributed by atoms with E-state index in [0.29, 0.717) is 6.61 Å². The second kappa shape index (κ2) is 9.77. The molecule has 0 aromatic rings. The molecular weight excluding hydrogens is 374 g/mol. The Morgan fingerprint density at radius 2 is 1.43 bits per heavy atom. The average Bonchev–Trinajstić information content (AvgIpc) is 3.26. The quantitative estimate of drug-likeness (QED) is 0.326. The van der Waals surface area contributed by atoms with E-state index in [1.54, 1.807) is 7.11 Å². The summed E-state index contributed by atoms with van der Waals surface area (Å²) in [7, 11) is 1.79. The molecule has 180 valence electrons. The first-order chi connectivity index (χ1) is 13.3. The van der Waals surface area contributed by atoms with Crippen LogP contribution in [0.25, 0.3) is 0 Å². The van der Waals surface area contributed by atoms with Gasteiger partial charge in [-0.2, -0.15) is 0 Å². The van der Waals surface area contributed by atoms with Crippen molar-refractivity contribution in [1.82, 2.24) is 4.90 Å². The number of hydrogen-bond donors (Lipinski definition) is 0. The summed E-state index contributed by atoms with van der Waals surface area (Å²) in [4.78, 5) is 2.61. The Morgan fingerprint density at radius 3 is 1.87 bits per heavy atom. The fourth-order valence-electron chi connectivity index (χ4n) is 4.63. The van der Waals surface area contributed by atoms with Crippen molar-refractivity contribution in [2.45, 2.75) is 138 Å². The summed E-state index contributed by atoms with van der Waals surface area (Å²) in [5, 5.41) is 0. The molecular formula is C26H53NO3. The van der Waals surface area contributed by atoms with Gasteiger partial charge in [0.1, 0.15) is 12.3 Å². The molecule has 1 aliphatic rings. The minimum Gasteiger partial charge on any atom is -0.378 e. The summed E-state index contributed by atoms with van der Waals surface area (Å²) < 4.78 is 18.2. The van der Waals surface area contributed by atoms with Crippen molar-refractivity contribution in [1.29, 1.82) is 0 Å². The molecule has 1 heterocycles. The Labute approximate surface area is 188 Å². The van der Waals surface area contributed by atoms with Crippen molar-refractivity contribution in [2.24, 2.45) is 10.8 Å². The normalized spacial score (nSPS) is 23.0. The molecule has 3 atom stereocenters. The minimum atomic E-state index is -0.205. The summed E-state index contributed by atoms with van der Waals surface area (Å²) in [6, 6.07) is 0. The van der Waals surface area contributed by atoms with Gasteiger partial charge in [0, 0.05) is 25.6 Å². The van der Waals surface area contributed by atoms with Crippen LogP contribution in [0, 0.1) is 10.8 Å². The molecule has 1 rings (SSSR count). The highest BCUT2D eigenvalue weighted by Crippen LogP contribution is 2.42. The van der Waals surface area contributed by atoms with E-state index in [0.717, 1.165) is 32.2 Å². The Hall–Kier alpha value is -0.160. The fraction of sp³-hybridized carbons (Fsp3) is 1.00. The lowest BCUT2D eigenvalue weighted by Crippen LogP contribution is -2.51. The zero-order valence-electron chi connectivity index (χ0n) is 22.6. The van der Waals surface area contributed by atoms with Crippen LogP contribution in [-0.4, -0.2) is 54.2 Å². The van der Waals surface area contributed by atoms with Crippen molar-refractivity contribution in [3.8, 4) is 0 Å². The van der Waals surface area contributed by atoms with Crippen molar-refractivity contribution >= 4 is 0 Å². The van der Waals surface area contributed by atoms with Gasteiger partial charge < -0.3 is 14.2 Å². The van der Waals surface area contributed by atoms with Gasteiger partial charge in [-0.1, -0.05) is 48.5 Å². The minimum absolute atomic E-state index is 0.0807. The van der Waals surface area contributed by atoms with Crippen molar-refractivity contribution in [2.75, 3.05) is 20.3 Å². The van der Waals surface area contributed by atoms with Crippen molar-refractivity contribution in [3.05, 3.63) is 0 Å². The number of epoxide rings is 1. The summed E-state index contributed by atoms with van der Waals surface area (Å²) in [6.07, 6.45) is 4.37. The highest BCUT2D eigenvalue weighted by Gasteiger charge is 2.51. The first kappa shape index (κ1) is 27.9. The van der Waals surface area contributed by atoms with Crippen LogP contribution in [0.15, 0.2) is 0 Å². The molecule has 0 aromatic heterocycles. The van der Waals surface area contributed by atoms with Crippen LogP contribution in [0.1, 0.15) is 109 Å². The molecule has 4 heteroatoms. The molecule has 1 aliphatic heterocycles. The number of rotatable bonds is 12. The van der Waals surface area contributed by atoms with Gasteiger partial charge in [0.05, 0.1) is 17.8 Å². The number of hydrogen-bond acceptors (Lipinski definition) is 4. The summed E-state index contributed by atoms with van der Waals surface area (Å²) >= 11 is 0. The maximum absolute atomic E-state index is 6.30. The molecule has 0 aromatic carbocycles. The van der Waals surface area contributed by atoms with E-state index in [9.17, 15) is 0 Å². The zero-order chi connectivity index (χ0) is 23.6. The summed E-state index contributed by atoms with van der Waals surface area (Å²) in [6.45, 7) is 29.1. The highest BCUT2D eigenvalue weighted by molar-refractivity contribution is 4.98. The van der Waals surface area contributed by atoms with Gasteiger partial charge in [0.2, 0.25) is 0 Å².